The lowest BCUT2D eigenvalue weighted by molar-refractivity contribution is 0.102. The molecule has 0 spiro atoms. The van der Waals surface area contributed by atoms with E-state index in [1.165, 1.54) is 6.20 Å². The standard InChI is InChI=1S/C12H10N4O/c13-4-1-10-7-9(2-6-15-10)12(17)16-11-3-5-14-8-11/h2-3,5-8,14H,1H2,(H,16,17). The minimum atomic E-state index is -0.216. The third-order valence-electron chi connectivity index (χ3n) is 2.19. The number of nitrogens with one attached hydrogen (secondary N) is 2. The number of anilines is 1. The van der Waals surface area contributed by atoms with Crippen LogP contribution >= 0.6 is 0 Å². The van der Waals surface area contributed by atoms with Crippen LogP contribution in [-0.4, -0.2) is 15.9 Å². The Hall–Kier alpha value is -2.61. The lowest BCUT2D eigenvalue weighted by Crippen LogP contribution is -2.11. The van der Waals surface area contributed by atoms with Crippen molar-refractivity contribution in [3.05, 3.63) is 48.0 Å². The van der Waals surface area contributed by atoms with E-state index in [0.717, 1.165) is 0 Å². The largest absolute Gasteiger partial charge is 0.366 e. The maximum atomic E-state index is 11.8. The maximum Gasteiger partial charge on any atom is 0.255 e. The molecule has 0 saturated heterocycles. The summed E-state index contributed by atoms with van der Waals surface area (Å²) in [6, 6.07) is 6.99. The van der Waals surface area contributed by atoms with E-state index in [2.05, 4.69) is 15.3 Å². The molecule has 2 heterocycles. The van der Waals surface area contributed by atoms with Gasteiger partial charge in [-0.05, 0) is 18.2 Å². The van der Waals surface area contributed by atoms with Crippen LogP contribution in [0.1, 0.15) is 16.1 Å². The van der Waals surface area contributed by atoms with Crippen LogP contribution in [0.5, 0.6) is 0 Å². The molecule has 0 fully saturated rings. The van der Waals surface area contributed by atoms with Crippen LogP contribution in [0.25, 0.3) is 0 Å². The summed E-state index contributed by atoms with van der Waals surface area (Å²) in [6.07, 6.45) is 5.14. The minimum Gasteiger partial charge on any atom is -0.366 e. The van der Waals surface area contributed by atoms with Gasteiger partial charge in [0.05, 0.1) is 23.9 Å². The van der Waals surface area contributed by atoms with Gasteiger partial charge in [0.25, 0.3) is 5.91 Å². The van der Waals surface area contributed by atoms with Crippen LogP contribution < -0.4 is 5.32 Å². The summed E-state index contributed by atoms with van der Waals surface area (Å²) in [4.78, 5) is 18.7. The van der Waals surface area contributed by atoms with Crippen molar-refractivity contribution in [3.63, 3.8) is 0 Å². The molecular weight excluding hydrogens is 216 g/mol. The van der Waals surface area contributed by atoms with Gasteiger partial charge in [-0.2, -0.15) is 5.26 Å². The van der Waals surface area contributed by atoms with Crippen LogP contribution in [0.3, 0.4) is 0 Å². The molecule has 2 aromatic heterocycles. The number of pyridine rings is 1. The minimum absolute atomic E-state index is 0.200. The van der Waals surface area contributed by atoms with Crippen molar-refractivity contribution < 1.29 is 4.79 Å². The second kappa shape index (κ2) is 4.94. The van der Waals surface area contributed by atoms with E-state index in [-0.39, 0.29) is 12.3 Å². The first-order valence-corrected chi connectivity index (χ1v) is 5.05. The number of rotatable bonds is 3. The maximum absolute atomic E-state index is 11.8. The van der Waals surface area contributed by atoms with E-state index in [1.54, 1.807) is 30.6 Å². The molecule has 0 saturated carbocycles. The molecule has 2 aromatic rings. The van der Waals surface area contributed by atoms with Gasteiger partial charge in [-0.15, -0.1) is 0 Å². The molecule has 5 heteroatoms. The Kier molecular flexibility index (Phi) is 3.17. The number of aromatic amines is 1. The zero-order valence-electron chi connectivity index (χ0n) is 8.97. The van der Waals surface area contributed by atoms with Gasteiger partial charge >= 0.3 is 0 Å². The first kappa shape index (κ1) is 10.9. The zero-order valence-corrected chi connectivity index (χ0v) is 8.97. The first-order valence-electron chi connectivity index (χ1n) is 5.05. The molecule has 0 radical (unpaired) electrons. The fourth-order valence-electron chi connectivity index (χ4n) is 1.40. The van der Waals surface area contributed by atoms with Gasteiger partial charge < -0.3 is 10.3 Å². The van der Waals surface area contributed by atoms with E-state index in [1.807, 2.05) is 6.07 Å². The topological polar surface area (TPSA) is 81.6 Å². The van der Waals surface area contributed by atoms with Crippen LogP contribution in [0.15, 0.2) is 36.8 Å². The van der Waals surface area contributed by atoms with Gasteiger partial charge in [0.15, 0.2) is 0 Å². The van der Waals surface area contributed by atoms with Gasteiger partial charge in [0.1, 0.15) is 0 Å². The summed E-state index contributed by atoms with van der Waals surface area (Å²) in [5.41, 5.74) is 1.79. The fraction of sp³-hybridized carbons (Fsp3) is 0.0833. The van der Waals surface area contributed by atoms with Crippen molar-refractivity contribution in [3.8, 4) is 6.07 Å². The Labute approximate surface area is 98.1 Å². The van der Waals surface area contributed by atoms with E-state index >= 15 is 0 Å². The van der Waals surface area contributed by atoms with Gasteiger partial charge in [-0.25, -0.2) is 0 Å². The predicted molar refractivity (Wildman–Crippen MR) is 62.3 cm³/mol. The van der Waals surface area contributed by atoms with Crippen LogP contribution in [-0.2, 0) is 6.42 Å². The van der Waals surface area contributed by atoms with Crippen molar-refractivity contribution in [1.29, 1.82) is 5.26 Å². The molecule has 0 aliphatic rings. The highest BCUT2D eigenvalue weighted by Gasteiger charge is 2.07. The van der Waals surface area contributed by atoms with E-state index in [9.17, 15) is 4.79 Å². The molecule has 84 valence electrons. The van der Waals surface area contributed by atoms with Crippen molar-refractivity contribution in [2.24, 2.45) is 0 Å². The van der Waals surface area contributed by atoms with E-state index < -0.39 is 0 Å². The highest BCUT2D eigenvalue weighted by atomic mass is 16.1. The first-order chi connectivity index (χ1) is 8.29. The summed E-state index contributed by atoms with van der Waals surface area (Å²) in [7, 11) is 0. The Morgan fingerprint density at radius 2 is 2.41 bits per heavy atom. The fourth-order valence-corrected chi connectivity index (χ4v) is 1.40. The van der Waals surface area contributed by atoms with Crippen molar-refractivity contribution in [1.82, 2.24) is 9.97 Å². The number of nitrogens with zero attached hydrogens (tertiary/aromatic N) is 2. The molecule has 0 bridgehead atoms. The molecule has 0 aromatic carbocycles. The third-order valence-corrected chi connectivity index (χ3v) is 2.19. The highest BCUT2D eigenvalue weighted by Crippen LogP contribution is 2.08. The molecule has 0 aliphatic heterocycles. The van der Waals surface area contributed by atoms with Gasteiger partial charge in [0.2, 0.25) is 0 Å². The number of amides is 1. The van der Waals surface area contributed by atoms with Crippen LogP contribution in [0.2, 0.25) is 0 Å². The summed E-state index contributed by atoms with van der Waals surface area (Å²) >= 11 is 0. The average Bonchev–Trinajstić information content (AvgIpc) is 2.83. The van der Waals surface area contributed by atoms with E-state index in [4.69, 9.17) is 5.26 Å². The zero-order chi connectivity index (χ0) is 12.1. The van der Waals surface area contributed by atoms with E-state index in [0.29, 0.717) is 16.9 Å². The average molecular weight is 226 g/mol. The number of aromatic nitrogens is 2. The molecule has 0 atom stereocenters. The number of hydrogen-bond acceptors (Lipinski definition) is 3. The van der Waals surface area contributed by atoms with Crippen molar-refractivity contribution >= 4 is 11.6 Å². The van der Waals surface area contributed by atoms with Crippen LogP contribution in [0.4, 0.5) is 5.69 Å². The Bertz CT molecular complexity index is 554. The smallest absolute Gasteiger partial charge is 0.255 e. The molecule has 2 N–H and O–H groups in total. The second-order valence-electron chi connectivity index (χ2n) is 3.42. The van der Waals surface area contributed by atoms with Gasteiger partial charge in [-0.1, -0.05) is 0 Å². The summed E-state index contributed by atoms with van der Waals surface area (Å²) in [5.74, 6) is -0.216. The Morgan fingerprint density at radius 3 is 3.12 bits per heavy atom. The monoisotopic (exact) mass is 226 g/mol. The quantitative estimate of drug-likeness (QED) is 0.836. The molecule has 17 heavy (non-hydrogen) atoms. The number of H-pyrrole nitrogens is 1. The summed E-state index contributed by atoms with van der Waals surface area (Å²) in [6.45, 7) is 0. The number of nitriles is 1. The van der Waals surface area contributed by atoms with Gasteiger partial charge in [0, 0.05) is 24.2 Å². The molecule has 5 nitrogen and oxygen atoms in total. The lowest BCUT2D eigenvalue weighted by Gasteiger charge is -2.03. The molecule has 1 amide bonds. The molecule has 0 aliphatic carbocycles. The highest BCUT2D eigenvalue weighted by molar-refractivity contribution is 6.04. The second-order valence-corrected chi connectivity index (χ2v) is 3.42. The van der Waals surface area contributed by atoms with Crippen molar-refractivity contribution in [2.45, 2.75) is 6.42 Å². The number of hydrogen-bond donors (Lipinski definition) is 2. The number of carbonyl (C=O) groups excluding carboxylic acids is 1. The number of carbonyl (C=O) groups is 1. The SMILES string of the molecule is N#CCc1cc(C(=O)Nc2cc[nH]c2)ccn1. The Morgan fingerprint density at radius 1 is 1.53 bits per heavy atom. The molecular formula is C12H10N4O. The molecule has 0 unspecified atom stereocenters. The third kappa shape index (κ3) is 2.69. The Balaban J connectivity index is 2.14. The van der Waals surface area contributed by atoms with Gasteiger partial charge in [-0.3, -0.25) is 9.78 Å². The summed E-state index contributed by atoms with van der Waals surface area (Å²) in [5, 5.41) is 11.3. The predicted octanol–water partition coefficient (Wildman–Crippen LogP) is 1.73. The lowest BCUT2D eigenvalue weighted by atomic mass is 10.2. The van der Waals surface area contributed by atoms with Crippen molar-refractivity contribution in [2.75, 3.05) is 5.32 Å². The van der Waals surface area contributed by atoms with Crippen LogP contribution in [0, 0.1) is 11.3 Å². The molecule has 2 rings (SSSR count). The normalized spacial score (nSPS) is 9.59. The summed E-state index contributed by atoms with van der Waals surface area (Å²) < 4.78 is 0.